The predicted octanol–water partition coefficient (Wildman–Crippen LogP) is 9.12. The van der Waals surface area contributed by atoms with Crippen LogP contribution in [-0.4, -0.2) is 0 Å². The molecule has 6 rings (SSSR count). The molecule has 1 aliphatic rings. The maximum Gasteiger partial charge on any atom is 0.222 e. The van der Waals surface area contributed by atoms with E-state index in [0.29, 0.717) is 11.8 Å². The first-order valence-corrected chi connectivity index (χ1v) is 14.2. The minimum atomic E-state index is 0.599. The molecule has 0 N–H and O–H groups in total. The number of pyridine rings is 1. The van der Waals surface area contributed by atoms with Crippen molar-refractivity contribution in [1.29, 1.82) is 0 Å². The summed E-state index contributed by atoms with van der Waals surface area (Å²) in [6.45, 7) is 13.9. The molecule has 4 aromatic carbocycles. The molecule has 0 saturated carbocycles. The minimum absolute atomic E-state index is 0.599. The molecule has 0 radical (unpaired) electrons. The van der Waals surface area contributed by atoms with E-state index < -0.39 is 0 Å². The van der Waals surface area contributed by atoms with Crippen LogP contribution in [0.4, 0.5) is 0 Å². The van der Waals surface area contributed by atoms with E-state index in [9.17, 15) is 0 Å². The number of rotatable bonds is 4. The second-order valence-corrected chi connectivity index (χ2v) is 12.7. The summed E-state index contributed by atoms with van der Waals surface area (Å²) in [5, 5.41) is 8.44. The van der Waals surface area contributed by atoms with Gasteiger partial charge in [-0.3, -0.25) is 0 Å². The molecule has 0 amide bonds. The molecule has 1 nitrogen and oxygen atoms in total. The first-order chi connectivity index (χ1) is 17.2. The van der Waals surface area contributed by atoms with E-state index in [1.165, 1.54) is 75.6 Å². The minimum Gasteiger partial charge on any atom is -0.200 e. The number of benzene rings is 4. The maximum absolute atomic E-state index is 2.50. The van der Waals surface area contributed by atoms with Gasteiger partial charge in [-0.25, -0.2) is 4.57 Å². The summed E-state index contributed by atoms with van der Waals surface area (Å²) in [7, 11) is 2.22. The molecule has 2 heteroatoms. The van der Waals surface area contributed by atoms with E-state index in [0.717, 1.165) is 12.8 Å². The molecule has 5 aromatic rings. The molecule has 0 spiro atoms. The summed E-state index contributed by atoms with van der Waals surface area (Å²) in [5.74, 6) is 1.23. The lowest BCUT2D eigenvalue weighted by Gasteiger charge is -2.26. The third kappa shape index (κ3) is 3.57. The Morgan fingerprint density at radius 3 is 2.31 bits per heavy atom. The van der Waals surface area contributed by atoms with E-state index in [2.05, 4.69) is 108 Å². The number of aryl methyl sites for hydroxylation is 3. The highest BCUT2D eigenvalue weighted by atomic mass is 32.2. The molecule has 0 fully saturated rings. The summed E-state index contributed by atoms with van der Waals surface area (Å²) >= 11 is 2.01. The quantitative estimate of drug-likeness (QED) is 0.176. The van der Waals surface area contributed by atoms with Gasteiger partial charge < -0.3 is 0 Å². The molecule has 0 unspecified atom stereocenters. The Kier molecular flexibility index (Phi) is 5.64. The molecular formula is C34H36NS+. The molecule has 0 saturated heterocycles. The van der Waals surface area contributed by atoms with Crippen LogP contribution in [0, 0.1) is 25.7 Å². The fraction of sp³-hybridized carbons (Fsp3) is 0.324. The Morgan fingerprint density at radius 2 is 1.56 bits per heavy atom. The van der Waals surface area contributed by atoms with E-state index in [-0.39, 0.29) is 0 Å². The van der Waals surface area contributed by atoms with Crippen LogP contribution in [-0.2, 0) is 19.9 Å². The van der Waals surface area contributed by atoms with Gasteiger partial charge in [-0.15, -0.1) is 0 Å². The van der Waals surface area contributed by atoms with Crippen molar-refractivity contribution in [3.63, 3.8) is 0 Å². The Bertz CT molecular complexity index is 1690. The number of nitrogens with zero attached hydrogens (tertiary/aromatic N) is 1. The van der Waals surface area contributed by atoms with Crippen molar-refractivity contribution in [2.24, 2.45) is 18.9 Å². The first-order valence-electron chi connectivity index (χ1n) is 13.4. The van der Waals surface area contributed by atoms with E-state index in [4.69, 9.17) is 0 Å². The van der Waals surface area contributed by atoms with Crippen LogP contribution < -0.4 is 4.57 Å². The molecule has 1 aromatic heterocycles. The summed E-state index contributed by atoms with van der Waals surface area (Å²) in [4.78, 5) is 2.87. The van der Waals surface area contributed by atoms with E-state index >= 15 is 0 Å². The van der Waals surface area contributed by atoms with Gasteiger partial charge in [0.15, 0.2) is 6.20 Å². The zero-order valence-corrected chi connectivity index (χ0v) is 23.4. The van der Waals surface area contributed by atoms with Gasteiger partial charge in [-0.05, 0) is 82.8 Å². The monoisotopic (exact) mass is 490 g/mol. The molecular weight excluding hydrogens is 454 g/mol. The van der Waals surface area contributed by atoms with Crippen molar-refractivity contribution < 1.29 is 4.57 Å². The average molecular weight is 491 g/mol. The third-order valence-corrected chi connectivity index (χ3v) is 9.00. The normalized spacial score (nSPS) is 12.9. The average Bonchev–Trinajstić information content (AvgIpc) is 2.83. The van der Waals surface area contributed by atoms with Crippen molar-refractivity contribution in [2.75, 3.05) is 0 Å². The Labute approximate surface area is 219 Å². The maximum atomic E-state index is 2.50. The highest BCUT2D eigenvalue weighted by Gasteiger charge is 2.32. The van der Waals surface area contributed by atoms with Crippen LogP contribution in [0.2, 0.25) is 0 Å². The zero-order valence-electron chi connectivity index (χ0n) is 22.6. The molecule has 0 atom stereocenters. The SMILES string of the molecule is Cc1ccc2c(CC(C)C)c3c(c(C)c2c1)-c1c2c(cc4c(CC(C)C)cccc4c2cc[n+]1C)S3. The van der Waals surface area contributed by atoms with Gasteiger partial charge in [-0.1, -0.05) is 81.4 Å². The summed E-state index contributed by atoms with van der Waals surface area (Å²) in [6, 6.07) is 18.8. The second-order valence-electron chi connectivity index (χ2n) is 11.6. The number of hydrogen-bond donors (Lipinski definition) is 0. The lowest BCUT2D eigenvalue weighted by molar-refractivity contribution is -0.659. The second kappa shape index (κ2) is 8.63. The predicted molar refractivity (Wildman–Crippen MR) is 156 cm³/mol. The molecule has 2 heterocycles. The Balaban J connectivity index is 1.78. The van der Waals surface area contributed by atoms with Gasteiger partial charge in [0.05, 0.1) is 10.9 Å². The van der Waals surface area contributed by atoms with Gasteiger partial charge in [0, 0.05) is 21.2 Å². The van der Waals surface area contributed by atoms with Crippen molar-refractivity contribution >= 4 is 44.1 Å². The zero-order chi connectivity index (χ0) is 25.3. The van der Waals surface area contributed by atoms with Crippen molar-refractivity contribution in [3.05, 3.63) is 77.0 Å². The Hall–Kier alpha value is -2.84. The highest BCUT2D eigenvalue weighted by Crippen LogP contribution is 2.53. The van der Waals surface area contributed by atoms with Crippen molar-refractivity contribution in [3.8, 4) is 11.3 Å². The number of hydrogen-bond acceptors (Lipinski definition) is 1. The van der Waals surface area contributed by atoms with Crippen LogP contribution in [0.25, 0.3) is 43.6 Å². The lowest BCUT2D eigenvalue weighted by atomic mass is 9.87. The first kappa shape index (κ1) is 23.6. The standard InChI is InChI=1S/C34H36NS/c1-19(2)15-23-9-8-10-24-26-13-14-35(7)33-31-22(6)27-17-21(5)11-12-25(27)29(16-20(3)4)34(31)36-30(32(26)33)18-28(23)24/h8-14,17-20H,15-16H2,1-7H3/q+1. The molecule has 36 heavy (non-hydrogen) atoms. The highest BCUT2D eigenvalue weighted by molar-refractivity contribution is 8.00. The molecule has 0 bridgehead atoms. The Morgan fingerprint density at radius 1 is 0.778 bits per heavy atom. The van der Waals surface area contributed by atoms with Crippen LogP contribution >= 0.6 is 11.8 Å². The van der Waals surface area contributed by atoms with Crippen LogP contribution in [0.1, 0.15) is 49.9 Å². The van der Waals surface area contributed by atoms with Crippen LogP contribution in [0.3, 0.4) is 0 Å². The summed E-state index contributed by atoms with van der Waals surface area (Å²) < 4.78 is 2.36. The van der Waals surface area contributed by atoms with Crippen LogP contribution in [0.15, 0.2) is 64.5 Å². The van der Waals surface area contributed by atoms with Crippen molar-refractivity contribution in [1.82, 2.24) is 0 Å². The topological polar surface area (TPSA) is 3.88 Å². The fourth-order valence-corrected chi connectivity index (χ4v) is 7.65. The summed E-state index contributed by atoms with van der Waals surface area (Å²) in [6.07, 6.45) is 4.48. The van der Waals surface area contributed by atoms with Crippen molar-refractivity contribution in [2.45, 2.75) is 64.2 Å². The summed E-state index contributed by atoms with van der Waals surface area (Å²) in [5.41, 5.74) is 8.53. The van der Waals surface area contributed by atoms with Gasteiger partial charge in [0.1, 0.15) is 7.05 Å². The van der Waals surface area contributed by atoms with Gasteiger partial charge in [0.2, 0.25) is 5.69 Å². The molecule has 1 aliphatic heterocycles. The molecule has 182 valence electrons. The van der Waals surface area contributed by atoms with Crippen LogP contribution in [0.5, 0.6) is 0 Å². The smallest absolute Gasteiger partial charge is 0.200 e. The van der Waals surface area contributed by atoms with Gasteiger partial charge in [-0.2, -0.15) is 0 Å². The van der Waals surface area contributed by atoms with Gasteiger partial charge in [0.25, 0.3) is 0 Å². The number of fused-ring (bicyclic) bond motifs is 5. The van der Waals surface area contributed by atoms with E-state index in [1.807, 2.05) is 11.8 Å². The number of aromatic nitrogens is 1. The van der Waals surface area contributed by atoms with E-state index in [1.54, 1.807) is 0 Å². The fourth-order valence-electron chi connectivity index (χ4n) is 6.27. The largest absolute Gasteiger partial charge is 0.222 e. The molecule has 0 aliphatic carbocycles. The lowest BCUT2D eigenvalue weighted by Crippen LogP contribution is -2.32. The van der Waals surface area contributed by atoms with Gasteiger partial charge >= 0.3 is 0 Å². The third-order valence-electron chi connectivity index (χ3n) is 7.80.